The van der Waals surface area contributed by atoms with Crippen molar-refractivity contribution in [2.75, 3.05) is 6.61 Å². The standard InChI is InChI=1S/C20H24ClNO3/c1-4-18(25-19-9-7-6-8-17(19)21)20(23)22-14(3)15-10-12-16(13-11-15)24-5-2/h6-14,18H,4-5H2,1-3H3,(H,22,23)/t14-,18-/m1/s1. The second kappa shape index (κ2) is 9.33. The topological polar surface area (TPSA) is 47.6 Å². The van der Waals surface area contributed by atoms with Gasteiger partial charge < -0.3 is 14.8 Å². The smallest absolute Gasteiger partial charge is 0.261 e. The Kier molecular flexibility index (Phi) is 7.14. The monoisotopic (exact) mass is 361 g/mol. The third-order valence-electron chi connectivity index (χ3n) is 3.82. The van der Waals surface area contributed by atoms with Gasteiger partial charge in [-0.2, -0.15) is 0 Å². The first-order chi connectivity index (χ1) is 12.0. The molecular weight excluding hydrogens is 338 g/mol. The fraction of sp³-hybridized carbons (Fsp3) is 0.350. The average Bonchev–Trinajstić information content (AvgIpc) is 2.61. The van der Waals surface area contributed by atoms with E-state index in [-0.39, 0.29) is 11.9 Å². The van der Waals surface area contributed by atoms with Crippen molar-refractivity contribution in [3.63, 3.8) is 0 Å². The van der Waals surface area contributed by atoms with Crippen molar-refractivity contribution < 1.29 is 14.3 Å². The summed E-state index contributed by atoms with van der Waals surface area (Å²) in [7, 11) is 0. The van der Waals surface area contributed by atoms with Gasteiger partial charge in [0.1, 0.15) is 11.5 Å². The van der Waals surface area contributed by atoms with Crippen LogP contribution < -0.4 is 14.8 Å². The number of para-hydroxylation sites is 1. The SMILES string of the molecule is CCOc1ccc([C@@H](C)NC(=O)[C@@H](CC)Oc2ccccc2Cl)cc1. The Bertz CT molecular complexity index is 688. The molecule has 25 heavy (non-hydrogen) atoms. The number of hydrogen-bond acceptors (Lipinski definition) is 3. The lowest BCUT2D eigenvalue weighted by molar-refractivity contribution is -0.128. The first kappa shape index (κ1) is 19.1. The van der Waals surface area contributed by atoms with E-state index in [0.717, 1.165) is 11.3 Å². The van der Waals surface area contributed by atoms with E-state index >= 15 is 0 Å². The third kappa shape index (κ3) is 5.40. The van der Waals surface area contributed by atoms with Gasteiger partial charge in [-0.3, -0.25) is 4.79 Å². The van der Waals surface area contributed by atoms with Gasteiger partial charge in [-0.05, 0) is 50.1 Å². The number of carbonyl (C=O) groups is 1. The molecule has 2 aromatic carbocycles. The molecular formula is C20H24ClNO3. The van der Waals surface area contributed by atoms with Gasteiger partial charge in [0.05, 0.1) is 17.7 Å². The van der Waals surface area contributed by atoms with Crippen LogP contribution in [0.5, 0.6) is 11.5 Å². The van der Waals surface area contributed by atoms with Crippen molar-refractivity contribution in [3.8, 4) is 11.5 Å². The molecule has 0 aliphatic carbocycles. The summed E-state index contributed by atoms with van der Waals surface area (Å²) < 4.78 is 11.2. The van der Waals surface area contributed by atoms with Crippen molar-refractivity contribution in [2.24, 2.45) is 0 Å². The van der Waals surface area contributed by atoms with Crippen LogP contribution in [-0.4, -0.2) is 18.6 Å². The van der Waals surface area contributed by atoms with E-state index in [0.29, 0.717) is 23.8 Å². The van der Waals surface area contributed by atoms with Gasteiger partial charge in [0.2, 0.25) is 0 Å². The molecule has 0 aromatic heterocycles. The van der Waals surface area contributed by atoms with E-state index < -0.39 is 6.10 Å². The lowest BCUT2D eigenvalue weighted by Gasteiger charge is -2.21. The minimum Gasteiger partial charge on any atom is -0.494 e. The largest absolute Gasteiger partial charge is 0.494 e. The van der Waals surface area contributed by atoms with Crippen LogP contribution in [0.15, 0.2) is 48.5 Å². The van der Waals surface area contributed by atoms with Gasteiger partial charge in [0.25, 0.3) is 5.91 Å². The zero-order valence-corrected chi connectivity index (χ0v) is 15.5. The highest BCUT2D eigenvalue weighted by molar-refractivity contribution is 6.32. The highest BCUT2D eigenvalue weighted by Crippen LogP contribution is 2.25. The van der Waals surface area contributed by atoms with Crippen molar-refractivity contribution in [1.82, 2.24) is 5.32 Å². The van der Waals surface area contributed by atoms with Crippen molar-refractivity contribution in [2.45, 2.75) is 39.3 Å². The molecule has 134 valence electrons. The second-order valence-corrected chi connectivity index (χ2v) is 6.08. The summed E-state index contributed by atoms with van der Waals surface area (Å²) in [6, 6.07) is 14.7. The number of amides is 1. The van der Waals surface area contributed by atoms with Gasteiger partial charge in [0.15, 0.2) is 6.10 Å². The number of carbonyl (C=O) groups excluding carboxylic acids is 1. The molecule has 0 saturated heterocycles. The molecule has 2 atom stereocenters. The van der Waals surface area contributed by atoms with Crippen LogP contribution in [0.1, 0.15) is 38.8 Å². The van der Waals surface area contributed by atoms with Crippen LogP contribution in [0.2, 0.25) is 5.02 Å². The summed E-state index contributed by atoms with van der Waals surface area (Å²) >= 11 is 6.10. The molecule has 0 bridgehead atoms. The van der Waals surface area contributed by atoms with Crippen LogP contribution in [0.25, 0.3) is 0 Å². The molecule has 5 heteroatoms. The molecule has 2 rings (SSSR count). The molecule has 0 unspecified atom stereocenters. The Morgan fingerprint density at radius 1 is 1.12 bits per heavy atom. The highest BCUT2D eigenvalue weighted by atomic mass is 35.5. The molecule has 0 aliphatic heterocycles. The Morgan fingerprint density at radius 2 is 1.80 bits per heavy atom. The van der Waals surface area contributed by atoms with Gasteiger partial charge in [-0.1, -0.05) is 42.8 Å². The normalized spacial score (nSPS) is 13.0. The molecule has 0 radical (unpaired) electrons. The quantitative estimate of drug-likeness (QED) is 0.736. The first-order valence-electron chi connectivity index (χ1n) is 8.49. The zero-order valence-electron chi connectivity index (χ0n) is 14.8. The van der Waals surface area contributed by atoms with Gasteiger partial charge in [-0.25, -0.2) is 0 Å². The van der Waals surface area contributed by atoms with E-state index in [1.165, 1.54) is 0 Å². The Morgan fingerprint density at radius 3 is 2.40 bits per heavy atom. The van der Waals surface area contributed by atoms with Crippen LogP contribution in [0, 0.1) is 0 Å². The molecule has 0 spiro atoms. The van der Waals surface area contributed by atoms with E-state index in [1.807, 2.05) is 57.2 Å². The molecule has 4 nitrogen and oxygen atoms in total. The highest BCUT2D eigenvalue weighted by Gasteiger charge is 2.21. The number of benzene rings is 2. The fourth-order valence-corrected chi connectivity index (χ4v) is 2.61. The predicted molar refractivity (Wildman–Crippen MR) is 100 cm³/mol. The Balaban J connectivity index is 1.99. The molecule has 1 N–H and O–H groups in total. The van der Waals surface area contributed by atoms with E-state index in [4.69, 9.17) is 21.1 Å². The zero-order chi connectivity index (χ0) is 18.2. The minimum atomic E-state index is -0.593. The van der Waals surface area contributed by atoms with Crippen LogP contribution in [0.3, 0.4) is 0 Å². The van der Waals surface area contributed by atoms with Crippen molar-refractivity contribution in [1.29, 1.82) is 0 Å². The summed E-state index contributed by atoms with van der Waals surface area (Å²) in [5.74, 6) is 1.17. The van der Waals surface area contributed by atoms with E-state index in [2.05, 4.69) is 5.32 Å². The van der Waals surface area contributed by atoms with Crippen LogP contribution in [0.4, 0.5) is 0 Å². The maximum atomic E-state index is 12.5. The molecule has 0 aliphatic rings. The maximum Gasteiger partial charge on any atom is 0.261 e. The predicted octanol–water partition coefficient (Wildman–Crippen LogP) is 4.77. The lowest BCUT2D eigenvalue weighted by atomic mass is 10.1. The summed E-state index contributed by atoms with van der Waals surface area (Å²) in [5.41, 5.74) is 1.00. The molecule has 0 fully saturated rings. The maximum absolute atomic E-state index is 12.5. The van der Waals surface area contributed by atoms with Gasteiger partial charge >= 0.3 is 0 Å². The lowest BCUT2D eigenvalue weighted by Crippen LogP contribution is -2.39. The van der Waals surface area contributed by atoms with Gasteiger partial charge in [-0.15, -0.1) is 0 Å². The number of halogens is 1. The number of rotatable bonds is 8. The fourth-order valence-electron chi connectivity index (χ4n) is 2.42. The molecule has 1 amide bonds. The first-order valence-corrected chi connectivity index (χ1v) is 8.87. The van der Waals surface area contributed by atoms with Crippen molar-refractivity contribution >= 4 is 17.5 Å². The summed E-state index contributed by atoms with van der Waals surface area (Å²) in [5, 5.41) is 3.48. The number of ether oxygens (including phenoxy) is 2. The number of hydrogen-bond donors (Lipinski definition) is 1. The minimum absolute atomic E-state index is 0.132. The number of nitrogens with one attached hydrogen (secondary N) is 1. The molecule has 2 aromatic rings. The van der Waals surface area contributed by atoms with Gasteiger partial charge in [0, 0.05) is 0 Å². The van der Waals surface area contributed by atoms with E-state index in [9.17, 15) is 4.79 Å². The average molecular weight is 362 g/mol. The molecule has 0 heterocycles. The summed E-state index contributed by atoms with van der Waals surface area (Å²) in [4.78, 5) is 12.5. The van der Waals surface area contributed by atoms with Crippen molar-refractivity contribution in [3.05, 3.63) is 59.1 Å². The Labute approximate surface area is 154 Å². The van der Waals surface area contributed by atoms with Crippen LogP contribution >= 0.6 is 11.6 Å². The van der Waals surface area contributed by atoms with Crippen LogP contribution in [-0.2, 0) is 4.79 Å². The second-order valence-electron chi connectivity index (χ2n) is 5.68. The van der Waals surface area contributed by atoms with E-state index in [1.54, 1.807) is 12.1 Å². The third-order valence-corrected chi connectivity index (χ3v) is 4.13. The molecule has 0 saturated carbocycles. The summed E-state index contributed by atoms with van der Waals surface area (Å²) in [6.07, 6.45) is -0.0439. The summed E-state index contributed by atoms with van der Waals surface area (Å²) in [6.45, 7) is 6.42. The Hall–Kier alpha value is -2.20.